The van der Waals surface area contributed by atoms with Crippen LogP contribution < -0.4 is 5.73 Å². The first-order valence-corrected chi connectivity index (χ1v) is 13.1. The summed E-state index contributed by atoms with van der Waals surface area (Å²) in [5.74, 6) is -2.43. The van der Waals surface area contributed by atoms with E-state index in [9.17, 15) is 23.8 Å². The molecule has 0 saturated carbocycles. The molecule has 0 aliphatic rings. The number of rotatable bonds is 21. The van der Waals surface area contributed by atoms with Crippen LogP contribution in [0.2, 0.25) is 0 Å². The molecule has 0 aromatic rings. The number of hydrogen-bond donors (Lipinski definition) is 3. The van der Waals surface area contributed by atoms with E-state index in [-0.39, 0.29) is 19.4 Å². The maximum absolute atomic E-state index is 12.2. The van der Waals surface area contributed by atoms with Crippen LogP contribution >= 0.6 is 7.82 Å². The van der Waals surface area contributed by atoms with Crippen molar-refractivity contribution in [3.8, 4) is 0 Å². The van der Waals surface area contributed by atoms with E-state index >= 15 is 0 Å². The molecule has 0 saturated heterocycles. The van der Waals surface area contributed by atoms with Crippen molar-refractivity contribution in [3.05, 3.63) is 0 Å². The Balaban J connectivity index is 4.60. The summed E-state index contributed by atoms with van der Waals surface area (Å²) < 4.78 is 31.6. The van der Waals surface area contributed by atoms with Crippen molar-refractivity contribution in [3.63, 3.8) is 0 Å². The fourth-order valence-corrected chi connectivity index (χ4v) is 3.41. The van der Waals surface area contributed by atoms with Crippen LogP contribution in [0.25, 0.3) is 0 Å². The second-order valence-corrected chi connectivity index (χ2v) is 9.23. The fourth-order valence-electron chi connectivity index (χ4n) is 2.63. The zero-order chi connectivity index (χ0) is 25.1. The molecule has 0 spiro atoms. The number of aliphatic carboxylic acids is 1. The highest BCUT2D eigenvalue weighted by atomic mass is 31.2. The van der Waals surface area contributed by atoms with Gasteiger partial charge in [-0.2, -0.15) is 0 Å². The lowest BCUT2D eigenvalue weighted by molar-refractivity contribution is -0.161. The average molecular weight is 498 g/mol. The monoisotopic (exact) mass is 497 g/mol. The van der Waals surface area contributed by atoms with E-state index in [0.717, 1.165) is 32.1 Å². The molecule has 0 bridgehead atoms. The number of nitrogens with two attached hydrogens (primary N) is 1. The lowest BCUT2D eigenvalue weighted by Crippen LogP contribution is -2.34. The molecule has 12 heteroatoms. The Hall–Kier alpha value is -1.52. The van der Waals surface area contributed by atoms with Crippen LogP contribution in [0.4, 0.5) is 0 Å². The summed E-state index contributed by atoms with van der Waals surface area (Å²) in [7, 11) is -4.66. The molecule has 0 aromatic heterocycles. The van der Waals surface area contributed by atoms with Gasteiger partial charge >= 0.3 is 25.7 Å². The van der Waals surface area contributed by atoms with E-state index in [1.165, 1.54) is 12.8 Å². The van der Waals surface area contributed by atoms with Gasteiger partial charge in [-0.3, -0.25) is 23.4 Å². The first-order valence-electron chi connectivity index (χ1n) is 11.6. The zero-order valence-corrected chi connectivity index (χ0v) is 20.6. The van der Waals surface area contributed by atoms with Crippen LogP contribution in [0.3, 0.4) is 0 Å². The summed E-state index contributed by atoms with van der Waals surface area (Å²) in [5.41, 5.74) is 5.22. The Morgan fingerprint density at radius 2 is 1.36 bits per heavy atom. The summed E-state index contributed by atoms with van der Waals surface area (Å²) in [6.07, 6.45) is 7.88. The van der Waals surface area contributed by atoms with Gasteiger partial charge in [-0.25, -0.2) is 4.57 Å². The van der Waals surface area contributed by atoms with Crippen LogP contribution in [-0.2, 0) is 37.5 Å². The van der Waals surface area contributed by atoms with Crippen molar-refractivity contribution in [1.29, 1.82) is 0 Å². The van der Waals surface area contributed by atoms with Crippen molar-refractivity contribution >= 4 is 25.7 Å². The number of carbonyl (C=O) groups is 3. The van der Waals surface area contributed by atoms with E-state index in [1.807, 2.05) is 6.92 Å². The average Bonchev–Trinajstić information content (AvgIpc) is 2.77. The van der Waals surface area contributed by atoms with Gasteiger partial charge in [0.25, 0.3) is 0 Å². The third-order valence-corrected chi connectivity index (χ3v) is 5.56. The smallest absolute Gasteiger partial charge is 0.472 e. The molecule has 3 unspecified atom stereocenters. The summed E-state index contributed by atoms with van der Waals surface area (Å²) in [6, 6.07) is -1.51. The van der Waals surface area contributed by atoms with Crippen LogP contribution in [0.5, 0.6) is 0 Å². The second-order valence-electron chi connectivity index (χ2n) is 7.77. The Labute approximate surface area is 195 Å². The van der Waals surface area contributed by atoms with Gasteiger partial charge in [0.1, 0.15) is 12.6 Å². The normalized spacial score (nSPS) is 14.8. The molecule has 0 fully saturated rings. The lowest BCUT2D eigenvalue weighted by atomic mass is 10.1. The minimum atomic E-state index is -4.66. The van der Waals surface area contributed by atoms with Gasteiger partial charge in [-0.15, -0.1) is 0 Å². The first kappa shape index (κ1) is 31.5. The highest BCUT2D eigenvalue weighted by molar-refractivity contribution is 7.47. The maximum atomic E-state index is 12.2. The van der Waals surface area contributed by atoms with Gasteiger partial charge in [0.15, 0.2) is 6.10 Å². The van der Waals surface area contributed by atoms with Crippen molar-refractivity contribution in [2.45, 2.75) is 96.6 Å². The van der Waals surface area contributed by atoms with E-state index in [1.54, 1.807) is 0 Å². The number of unbranched alkanes of at least 4 members (excludes halogenated alkanes) is 7. The minimum Gasteiger partial charge on any atom is -0.480 e. The Bertz CT molecular complexity index is 616. The van der Waals surface area contributed by atoms with Crippen LogP contribution in [0.15, 0.2) is 0 Å². The Kier molecular flexibility index (Phi) is 18.0. The summed E-state index contributed by atoms with van der Waals surface area (Å²) in [6.45, 7) is 2.38. The number of carboxylic acid groups (broad SMARTS) is 1. The topological polar surface area (TPSA) is 172 Å². The predicted molar refractivity (Wildman–Crippen MR) is 120 cm³/mol. The van der Waals surface area contributed by atoms with E-state index in [0.29, 0.717) is 12.8 Å². The third-order valence-electron chi connectivity index (χ3n) is 4.61. The standard InChI is InChI=1S/C21H40NO10P/c1-3-5-7-8-9-10-11-13-20(24)32-17(14-29-19(23)12-6-4-2)15-30-33(27,28)31-16-18(22)21(25)26/h17-18H,3-16,22H2,1-2H3,(H,25,26)(H,27,28). The van der Waals surface area contributed by atoms with Gasteiger partial charge in [-0.05, 0) is 12.8 Å². The lowest BCUT2D eigenvalue weighted by Gasteiger charge is -2.20. The molecule has 11 nitrogen and oxygen atoms in total. The molecule has 0 amide bonds. The summed E-state index contributed by atoms with van der Waals surface area (Å²) >= 11 is 0. The number of carbonyl (C=O) groups excluding carboxylic acids is 2. The number of hydrogen-bond acceptors (Lipinski definition) is 9. The number of ether oxygens (including phenoxy) is 2. The van der Waals surface area contributed by atoms with Crippen molar-refractivity contribution in [1.82, 2.24) is 0 Å². The molecule has 0 radical (unpaired) electrons. The van der Waals surface area contributed by atoms with Gasteiger partial charge in [0, 0.05) is 12.8 Å². The molecule has 33 heavy (non-hydrogen) atoms. The SMILES string of the molecule is CCCCCCCCCC(=O)OC(COC(=O)CCCC)COP(=O)(O)OCC(N)C(=O)O. The molecule has 0 aliphatic carbocycles. The molecule has 0 aliphatic heterocycles. The summed E-state index contributed by atoms with van der Waals surface area (Å²) in [4.78, 5) is 44.3. The molecule has 0 aromatic carbocycles. The summed E-state index contributed by atoms with van der Waals surface area (Å²) in [5, 5.41) is 8.70. The third kappa shape index (κ3) is 18.6. The quantitative estimate of drug-likeness (QED) is 0.121. The number of phosphoric ester groups is 1. The van der Waals surface area contributed by atoms with E-state index in [4.69, 9.17) is 24.8 Å². The van der Waals surface area contributed by atoms with Crippen molar-refractivity contribution in [2.75, 3.05) is 19.8 Å². The Morgan fingerprint density at radius 3 is 1.97 bits per heavy atom. The van der Waals surface area contributed by atoms with Crippen LogP contribution in [-0.4, -0.2) is 59.9 Å². The van der Waals surface area contributed by atoms with Crippen LogP contribution in [0, 0.1) is 0 Å². The largest absolute Gasteiger partial charge is 0.480 e. The first-order chi connectivity index (χ1) is 15.6. The van der Waals surface area contributed by atoms with Crippen molar-refractivity contribution in [2.24, 2.45) is 5.73 Å². The molecule has 194 valence electrons. The van der Waals surface area contributed by atoms with Gasteiger partial charge in [0.2, 0.25) is 0 Å². The van der Waals surface area contributed by atoms with E-state index in [2.05, 4.69) is 11.4 Å². The second kappa shape index (κ2) is 18.9. The molecular weight excluding hydrogens is 457 g/mol. The molecule has 4 N–H and O–H groups in total. The maximum Gasteiger partial charge on any atom is 0.472 e. The van der Waals surface area contributed by atoms with Gasteiger partial charge < -0.3 is 25.2 Å². The minimum absolute atomic E-state index is 0.162. The zero-order valence-electron chi connectivity index (χ0n) is 19.7. The van der Waals surface area contributed by atoms with Crippen LogP contribution in [0.1, 0.15) is 84.5 Å². The van der Waals surface area contributed by atoms with Gasteiger partial charge in [0.05, 0.1) is 13.2 Å². The van der Waals surface area contributed by atoms with Gasteiger partial charge in [-0.1, -0.05) is 58.8 Å². The number of phosphoric acid groups is 1. The molecular formula is C21H40NO10P. The highest BCUT2D eigenvalue weighted by Crippen LogP contribution is 2.43. The molecule has 3 atom stereocenters. The molecule has 0 heterocycles. The molecule has 0 rings (SSSR count). The fraction of sp³-hybridized carbons (Fsp3) is 0.857. The highest BCUT2D eigenvalue weighted by Gasteiger charge is 2.28. The van der Waals surface area contributed by atoms with E-state index < -0.39 is 51.1 Å². The Morgan fingerprint density at radius 1 is 0.818 bits per heavy atom. The number of carboxylic acids is 1. The van der Waals surface area contributed by atoms with Crippen molar-refractivity contribution < 1.29 is 47.5 Å². The number of esters is 2. The predicted octanol–water partition coefficient (Wildman–Crippen LogP) is 3.32.